The van der Waals surface area contributed by atoms with Gasteiger partial charge in [-0.1, -0.05) is 25.2 Å². The van der Waals surface area contributed by atoms with Crippen LogP contribution in [0.5, 0.6) is 0 Å². The van der Waals surface area contributed by atoms with Gasteiger partial charge in [-0.2, -0.15) is 0 Å². The van der Waals surface area contributed by atoms with Crippen molar-refractivity contribution in [1.29, 1.82) is 0 Å². The third-order valence-electron chi connectivity index (χ3n) is 2.40. The lowest BCUT2D eigenvalue weighted by atomic mass is 9.87. The van der Waals surface area contributed by atoms with Gasteiger partial charge in [-0.05, 0) is 18.8 Å². The Balaban J connectivity index is 2.13. The molecular formula is C11H15O. The molecule has 0 atom stereocenters. The first-order valence-corrected chi connectivity index (χ1v) is 4.74. The molecule has 0 aromatic rings. The maximum Gasteiger partial charge on any atom is 0.211 e. The average molecular weight is 163 g/mol. The fraction of sp³-hybridized carbons (Fsp3) is 0.727. The zero-order valence-corrected chi connectivity index (χ0v) is 7.44. The minimum atomic E-state index is 0.284. The molecule has 12 heavy (non-hydrogen) atoms. The second-order valence-electron chi connectivity index (χ2n) is 3.38. The van der Waals surface area contributed by atoms with E-state index < -0.39 is 0 Å². The van der Waals surface area contributed by atoms with Crippen LogP contribution in [0.2, 0.25) is 0 Å². The van der Waals surface area contributed by atoms with E-state index in [1.54, 1.807) is 6.29 Å². The van der Waals surface area contributed by atoms with Crippen molar-refractivity contribution in [2.75, 3.05) is 0 Å². The smallest absolute Gasteiger partial charge is 0.211 e. The Morgan fingerprint density at radius 1 is 1.08 bits per heavy atom. The maximum atomic E-state index is 9.83. The summed E-state index contributed by atoms with van der Waals surface area (Å²) < 4.78 is 0. The topological polar surface area (TPSA) is 17.1 Å². The molecule has 1 radical (unpaired) electrons. The zero-order chi connectivity index (χ0) is 8.65. The van der Waals surface area contributed by atoms with Gasteiger partial charge in [0, 0.05) is 6.42 Å². The Kier molecular flexibility index (Phi) is 4.52. The van der Waals surface area contributed by atoms with Crippen LogP contribution in [-0.4, -0.2) is 6.29 Å². The molecule has 1 nitrogen and oxygen atoms in total. The standard InChI is InChI=1S/C11H15O/c12-10-6-2-5-9-11-7-3-1-4-8-11/h11H,1,3-4,6-9H2. The molecule has 0 bridgehead atoms. The van der Waals surface area contributed by atoms with Crippen LogP contribution in [0.25, 0.3) is 0 Å². The molecule has 1 heteroatoms. The summed E-state index contributed by atoms with van der Waals surface area (Å²) in [7, 11) is 0. The Morgan fingerprint density at radius 3 is 2.50 bits per heavy atom. The lowest BCUT2D eigenvalue weighted by Gasteiger charge is -2.18. The van der Waals surface area contributed by atoms with Crippen molar-refractivity contribution < 1.29 is 4.79 Å². The quantitative estimate of drug-likeness (QED) is 0.571. The van der Waals surface area contributed by atoms with E-state index >= 15 is 0 Å². The Hall–Kier alpha value is -0.770. The molecule has 0 unspecified atom stereocenters. The highest BCUT2D eigenvalue weighted by atomic mass is 16.1. The largest absolute Gasteiger partial charge is 0.290 e. The fourth-order valence-electron chi connectivity index (χ4n) is 1.71. The summed E-state index contributed by atoms with van der Waals surface area (Å²) in [5.74, 6) is 6.66. The predicted octanol–water partition coefficient (Wildman–Crippen LogP) is 2.46. The fourth-order valence-corrected chi connectivity index (χ4v) is 1.71. The predicted molar refractivity (Wildman–Crippen MR) is 49.3 cm³/mol. The molecule has 1 rings (SSSR count). The van der Waals surface area contributed by atoms with Crippen molar-refractivity contribution in [3.63, 3.8) is 0 Å². The third kappa shape index (κ3) is 3.57. The van der Waals surface area contributed by atoms with Crippen LogP contribution >= 0.6 is 0 Å². The molecule has 0 spiro atoms. The summed E-state index contributed by atoms with van der Waals surface area (Å²) in [5, 5.41) is 0. The van der Waals surface area contributed by atoms with E-state index in [-0.39, 0.29) is 6.42 Å². The van der Waals surface area contributed by atoms with Gasteiger partial charge in [0.15, 0.2) is 0 Å². The molecular weight excluding hydrogens is 148 g/mol. The highest BCUT2D eigenvalue weighted by Gasteiger charge is 2.11. The molecule has 0 amide bonds. The molecule has 1 aliphatic carbocycles. The van der Waals surface area contributed by atoms with Crippen LogP contribution in [0.1, 0.15) is 44.9 Å². The van der Waals surface area contributed by atoms with E-state index in [4.69, 9.17) is 0 Å². The molecule has 0 aliphatic heterocycles. The molecule has 1 saturated carbocycles. The lowest BCUT2D eigenvalue weighted by molar-refractivity contribution is 0.365. The lowest BCUT2D eigenvalue weighted by Crippen LogP contribution is -2.04. The van der Waals surface area contributed by atoms with Crippen LogP contribution in [0.4, 0.5) is 0 Å². The van der Waals surface area contributed by atoms with E-state index in [9.17, 15) is 4.79 Å². The Morgan fingerprint density at radius 2 is 1.83 bits per heavy atom. The van der Waals surface area contributed by atoms with Crippen molar-refractivity contribution in [1.82, 2.24) is 0 Å². The van der Waals surface area contributed by atoms with E-state index in [1.165, 1.54) is 32.1 Å². The minimum absolute atomic E-state index is 0.284. The van der Waals surface area contributed by atoms with Gasteiger partial charge in [-0.25, -0.2) is 0 Å². The molecule has 0 aromatic heterocycles. The summed E-state index contributed by atoms with van der Waals surface area (Å²) in [4.78, 5) is 9.83. The van der Waals surface area contributed by atoms with Gasteiger partial charge < -0.3 is 0 Å². The van der Waals surface area contributed by atoms with E-state index in [0.717, 1.165) is 12.3 Å². The second-order valence-corrected chi connectivity index (χ2v) is 3.38. The van der Waals surface area contributed by atoms with Crippen LogP contribution in [0.15, 0.2) is 0 Å². The average Bonchev–Trinajstić information content (AvgIpc) is 2.14. The molecule has 0 saturated heterocycles. The SMILES string of the molecule is O=[C]CC#CCC1CCCCC1. The van der Waals surface area contributed by atoms with E-state index in [2.05, 4.69) is 11.8 Å². The van der Waals surface area contributed by atoms with Gasteiger partial charge in [-0.3, -0.25) is 4.79 Å². The van der Waals surface area contributed by atoms with Crippen LogP contribution in [0, 0.1) is 17.8 Å². The van der Waals surface area contributed by atoms with Crippen molar-refractivity contribution in [3.8, 4) is 11.8 Å². The van der Waals surface area contributed by atoms with Gasteiger partial charge in [0.2, 0.25) is 6.29 Å². The van der Waals surface area contributed by atoms with Crippen molar-refractivity contribution in [3.05, 3.63) is 0 Å². The van der Waals surface area contributed by atoms with Crippen molar-refractivity contribution in [2.24, 2.45) is 5.92 Å². The van der Waals surface area contributed by atoms with Gasteiger partial charge in [0.25, 0.3) is 0 Å². The van der Waals surface area contributed by atoms with E-state index in [1.807, 2.05) is 0 Å². The van der Waals surface area contributed by atoms with Crippen molar-refractivity contribution in [2.45, 2.75) is 44.9 Å². The van der Waals surface area contributed by atoms with Gasteiger partial charge in [-0.15, -0.1) is 5.92 Å². The first kappa shape index (κ1) is 9.32. The molecule has 0 N–H and O–H groups in total. The van der Waals surface area contributed by atoms with Gasteiger partial charge in [0.05, 0.1) is 6.42 Å². The molecule has 1 fully saturated rings. The Labute approximate surface area is 74.5 Å². The monoisotopic (exact) mass is 163 g/mol. The summed E-state index contributed by atoms with van der Waals surface area (Å²) >= 11 is 0. The first-order valence-electron chi connectivity index (χ1n) is 4.74. The Bertz CT molecular complexity index is 179. The van der Waals surface area contributed by atoms with Crippen LogP contribution < -0.4 is 0 Å². The molecule has 0 heterocycles. The third-order valence-corrected chi connectivity index (χ3v) is 2.40. The first-order chi connectivity index (χ1) is 5.93. The van der Waals surface area contributed by atoms with Gasteiger partial charge >= 0.3 is 0 Å². The summed E-state index contributed by atoms with van der Waals surface area (Å²) in [6, 6.07) is 0. The number of carbonyl (C=O) groups excluding carboxylic acids is 1. The molecule has 65 valence electrons. The minimum Gasteiger partial charge on any atom is -0.290 e. The summed E-state index contributed by atoms with van der Waals surface area (Å²) in [5.41, 5.74) is 0. The van der Waals surface area contributed by atoms with Crippen LogP contribution in [0.3, 0.4) is 0 Å². The number of rotatable bonds is 2. The normalized spacial score (nSPS) is 18.0. The maximum absolute atomic E-state index is 9.83. The van der Waals surface area contributed by atoms with Crippen LogP contribution in [-0.2, 0) is 4.79 Å². The highest BCUT2D eigenvalue weighted by molar-refractivity contribution is 5.54. The number of hydrogen-bond donors (Lipinski definition) is 0. The van der Waals surface area contributed by atoms with Crippen molar-refractivity contribution >= 4 is 6.29 Å². The van der Waals surface area contributed by atoms with E-state index in [0.29, 0.717) is 0 Å². The molecule has 1 aliphatic rings. The summed E-state index contributed by atoms with van der Waals surface area (Å²) in [6.07, 6.45) is 9.85. The molecule has 0 aromatic carbocycles. The van der Waals surface area contributed by atoms with Gasteiger partial charge in [0.1, 0.15) is 0 Å². The summed E-state index contributed by atoms with van der Waals surface area (Å²) in [6.45, 7) is 0. The zero-order valence-electron chi connectivity index (χ0n) is 7.44. The highest BCUT2D eigenvalue weighted by Crippen LogP contribution is 2.25. The second kappa shape index (κ2) is 5.83. The number of hydrogen-bond acceptors (Lipinski definition) is 1.